The lowest BCUT2D eigenvalue weighted by Gasteiger charge is -2.07. The number of anilines is 1. The molecule has 3 rings (SSSR count). The maximum atomic E-state index is 6.00. The van der Waals surface area contributed by atoms with Gasteiger partial charge >= 0.3 is 0 Å². The Labute approximate surface area is 121 Å². The molecule has 7 heteroatoms. The minimum atomic E-state index is 0.469. The molecule has 96 valence electrons. The minimum Gasteiger partial charge on any atom is -0.416 e. The van der Waals surface area contributed by atoms with Crippen molar-refractivity contribution in [2.45, 2.75) is 17.0 Å². The van der Waals surface area contributed by atoms with E-state index in [4.69, 9.17) is 10.2 Å². The lowest BCUT2D eigenvalue weighted by atomic mass is 10.2. The molecule has 0 saturated carbocycles. The van der Waals surface area contributed by atoms with Gasteiger partial charge in [0.25, 0.3) is 5.22 Å². The molecule has 0 radical (unpaired) electrons. The summed E-state index contributed by atoms with van der Waals surface area (Å²) in [7, 11) is 0. The van der Waals surface area contributed by atoms with Gasteiger partial charge in [0.1, 0.15) is 0 Å². The Morgan fingerprint density at radius 1 is 1.32 bits per heavy atom. The molecule has 0 saturated heterocycles. The van der Waals surface area contributed by atoms with E-state index < -0.39 is 0 Å². The van der Waals surface area contributed by atoms with Gasteiger partial charge in [-0.25, -0.2) is 0 Å². The average molecular weight is 337 g/mol. The van der Waals surface area contributed by atoms with Crippen molar-refractivity contribution in [1.82, 2.24) is 15.2 Å². The molecule has 0 spiro atoms. The van der Waals surface area contributed by atoms with E-state index in [2.05, 4.69) is 31.1 Å². The van der Waals surface area contributed by atoms with Crippen molar-refractivity contribution >= 4 is 44.3 Å². The summed E-state index contributed by atoms with van der Waals surface area (Å²) in [5.74, 6) is 0.528. The monoisotopic (exact) mass is 336 g/mol. The first kappa shape index (κ1) is 12.4. The number of aryl methyl sites for hydroxylation is 1. The molecule has 0 fully saturated rings. The fourth-order valence-electron chi connectivity index (χ4n) is 1.68. The Bertz CT molecular complexity index is 753. The molecule has 19 heavy (non-hydrogen) atoms. The Hall–Kier alpha value is -1.60. The number of benzene rings is 1. The molecule has 0 aliphatic heterocycles. The highest BCUT2D eigenvalue weighted by Gasteiger charge is 2.12. The van der Waals surface area contributed by atoms with Crippen LogP contribution in [0.3, 0.4) is 0 Å². The first-order valence-electron chi connectivity index (χ1n) is 5.45. The van der Waals surface area contributed by atoms with Gasteiger partial charge in [-0.1, -0.05) is 15.9 Å². The molecule has 2 aromatic heterocycles. The summed E-state index contributed by atoms with van der Waals surface area (Å²) in [6, 6.07) is 5.85. The minimum absolute atomic E-state index is 0.469. The van der Waals surface area contributed by atoms with Crippen LogP contribution in [0.4, 0.5) is 5.69 Å². The lowest BCUT2D eigenvalue weighted by Crippen LogP contribution is -1.92. The molecule has 0 bridgehead atoms. The van der Waals surface area contributed by atoms with Gasteiger partial charge in [-0.15, -0.1) is 10.2 Å². The molecule has 0 unspecified atom stereocenters. The van der Waals surface area contributed by atoms with Crippen molar-refractivity contribution in [3.8, 4) is 0 Å². The fraction of sp³-hybridized carbons (Fsp3) is 0.0833. The lowest BCUT2D eigenvalue weighted by molar-refractivity contribution is 0.429. The number of nitrogen functional groups attached to an aromatic ring is 1. The van der Waals surface area contributed by atoms with Crippen LogP contribution in [0.15, 0.2) is 43.4 Å². The van der Waals surface area contributed by atoms with Gasteiger partial charge < -0.3 is 10.2 Å². The number of pyridine rings is 1. The van der Waals surface area contributed by atoms with E-state index in [9.17, 15) is 0 Å². The van der Waals surface area contributed by atoms with E-state index in [1.165, 1.54) is 11.8 Å². The molecule has 0 atom stereocenters. The van der Waals surface area contributed by atoms with Gasteiger partial charge in [0.2, 0.25) is 5.89 Å². The maximum absolute atomic E-state index is 6.00. The highest BCUT2D eigenvalue weighted by molar-refractivity contribution is 9.10. The van der Waals surface area contributed by atoms with Crippen molar-refractivity contribution in [1.29, 1.82) is 0 Å². The number of aromatic nitrogens is 3. The predicted octanol–water partition coefficient (Wildman–Crippen LogP) is 3.42. The standard InChI is InChI=1S/C12H9BrN4OS/c1-6-16-17-12(18-6)19-11-8-4-7(13)2-3-10(8)15-5-9(11)14/h2-5H,14H2,1H3. The Morgan fingerprint density at radius 2 is 2.16 bits per heavy atom. The van der Waals surface area contributed by atoms with Crippen LogP contribution in [0.5, 0.6) is 0 Å². The first-order valence-corrected chi connectivity index (χ1v) is 7.06. The van der Waals surface area contributed by atoms with Crippen LogP contribution in [0.2, 0.25) is 0 Å². The van der Waals surface area contributed by atoms with Gasteiger partial charge in [0.05, 0.1) is 22.3 Å². The van der Waals surface area contributed by atoms with Gasteiger partial charge in [-0.3, -0.25) is 4.98 Å². The van der Waals surface area contributed by atoms with E-state index in [1.54, 1.807) is 13.1 Å². The summed E-state index contributed by atoms with van der Waals surface area (Å²) in [4.78, 5) is 5.17. The number of hydrogen-bond acceptors (Lipinski definition) is 6. The largest absolute Gasteiger partial charge is 0.416 e. The number of hydrogen-bond donors (Lipinski definition) is 1. The zero-order valence-corrected chi connectivity index (χ0v) is 12.3. The first-order chi connectivity index (χ1) is 9.13. The molecule has 0 aliphatic rings. The zero-order chi connectivity index (χ0) is 13.4. The van der Waals surface area contributed by atoms with Crippen LogP contribution in [-0.4, -0.2) is 15.2 Å². The Balaban J connectivity index is 2.15. The van der Waals surface area contributed by atoms with Crippen molar-refractivity contribution in [3.05, 3.63) is 34.8 Å². The quantitative estimate of drug-likeness (QED) is 0.772. The fourth-order valence-corrected chi connectivity index (χ4v) is 2.90. The highest BCUT2D eigenvalue weighted by atomic mass is 79.9. The smallest absolute Gasteiger partial charge is 0.281 e. The molecule has 5 nitrogen and oxygen atoms in total. The molecule has 1 aromatic carbocycles. The van der Waals surface area contributed by atoms with Crippen molar-refractivity contribution in [2.24, 2.45) is 0 Å². The summed E-state index contributed by atoms with van der Waals surface area (Å²) in [5, 5.41) is 9.20. The van der Waals surface area contributed by atoms with Gasteiger partial charge in [-0.05, 0) is 30.0 Å². The second kappa shape index (κ2) is 4.82. The Morgan fingerprint density at radius 3 is 2.89 bits per heavy atom. The van der Waals surface area contributed by atoms with Crippen LogP contribution < -0.4 is 5.73 Å². The number of nitrogens with two attached hydrogens (primary N) is 1. The van der Waals surface area contributed by atoms with Gasteiger partial charge in [0, 0.05) is 16.8 Å². The van der Waals surface area contributed by atoms with E-state index >= 15 is 0 Å². The second-order valence-corrected chi connectivity index (χ2v) is 5.77. The van der Waals surface area contributed by atoms with Gasteiger partial charge in [0.15, 0.2) is 0 Å². The molecular formula is C12H9BrN4OS. The zero-order valence-electron chi connectivity index (χ0n) is 9.92. The topological polar surface area (TPSA) is 77.8 Å². The van der Waals surface area contributed by atoms with Crippen LogP contribution in [-0.2, 0) is 0 Å². The van der Waals surface area contributed by atoms with Crippen LogP contribution in [0, 0.1) is 6.92 Å². The van der Waals surface area contributed by atoms with Crippen LogP contribution >= 0.6 is 27.7 Å². The summed E-state index contributed by atoms with van der Waals surface area (Å²) in [6.07, 6.45) is 1.64. The third kappa shape index (κ3) is 2.43. The average Bonchev–Trinajstić information content (AvgIpc) is 2.79. The number of rotatable bonds is 2. The van der Waals surface area contributed by atoms with Crippen molar-refractivity contribution in [2.75, 3.05) is 5.73 Å². The van der Waals surface area contributed by atoms with E-state index in [0.29, 0.717) is 16.8 Å². The molecular weight excluding hydrogens is 328 g/mol. The predicted molar refractivity (Wildman–Crippen MR) is 77.0 cm³/mol. The summed E-state index contributed by atoms with van der Waals surface area (Å²) < 4.78 is 6.34. The highest BCUT2D eigenvalue weighted by Crippen LogP contribution is 2.37. The molecule has 2 N–H and O–H groups in total. The van der Waals surface area contributed by atoms with Gasteiger partial charge in [-0.2, -0.15) is 0 Å². The van der Waals surface area contributed by atoms with E-state index in [1.807, 2.05) is 18.2 Å². The van der Waals surface area contributed by atoms with Crippen molar-refractivity contribution in [3.63, 3.8) is 0 Å². The maximum Gasteiger partial charge on any atom is 0.281 e. The van der Waals surface area contributed by atoms with Crippen LogP contribution in [0.25, 0.3) is 10.9 Å². The van der Waals surface area contributed by atoms with Crippen molar-refractivity contribution < 1.29 is 4.42 Å². The van der Waals surface area contributed by atoms with E-state index in [-0.39, 0.29) is 0 Å². The molecule has 0 amide bonds. The third-order valence-corrected chi connectivity index (χ3v) is 4.00. The number of fused-ring (bicyclic) bond motifs is 1. The normalized spacial score (nSPS) is 11.1. The summed E-state index contributed by atoms with van der Waals surface area (Å²) >= 11 is 4.80. The second-order valence-electron chi connectivity index (χ2n) is 3.89. The summed E-state index contributed by atoms with van der Waals surface area (Å²) in [6.45, 7) is 1.75. The number of halogens is 1. The Kier molecular flexibility index (Phi) is 3.16. The van der Waals surface area contributed by atoms with E-state index in [0.717, 1.165) is 20.3 Å². The number of nitrogens with zero attached hydrogens (tertiary/aromatic N) is 3. The molecule has 0 aliphatic carbocycles. The summed E-state index contributed by atoms with van der Waals surface area (Å²) in [5.41, 5.74) is 7.46. The third-order valence-electron chi connectivity index (χ3n) is 2.50. The molecule has 2 heterocycles. The SMILES string of the molecule is Cc1nnc(Sc2c(N)cnc3ccc(Br)cc23)o1. The van der Waals surface area contributed by atoms with Crippen LogP contribution in [0.1, 0.15) is 5.89 Å². The molecule has 3 aromatic rings.